The van der Waals surface area contributed by atoms with E-state index in [1.807, 2.05) is 77.1 Å². The number of amides is 1. The highest BCUT2D eigenvalue weighted by Crippen LogP contribution is 2.35. The fourth-order valence-electron chi connectivity index (χ4n) is 4.85. The molecule has 1 amide bonds. The van der Waals surface area contributed by atoms with Gasteiger partial charge in [0.25, 0.3) is 5.91 Å². The summed E-state index contributed by atoms with van der Waals surface area (Å²) in [5.41, 5.74) is 3.35. The van der Waals surface area contributed by atoms with Gasteiger partial charge in [-0.25, -0.2) is 14.5 Å². The number of hydrogen-bond donors (Lipinski definition) is 3. The number of esters is 1. The minimum absolute atomic E-state index is 0.226. The lowest BCUT2D eigenvalue weighted by Crippen LogP contribution is -2.36. The molecule has 3 N–H and O–H groups in total. The van der Waals surface area contributed by atoms with E-state index < -0.39 is 27.0 Å². The van der Waals surface area contributed by atoms with E-state index in [-0.39, 0.29) is 23.3 Å². The monoisotopic (exact) mass is 776 g/mol. The lowest BCUT2D eigenvalue weighted by molar-refractivity contribution is -0.156. The van der Waals surface area contributed by atoms with E-state index in [9.17, 15) is 24.3 Å². The van der Waals surface area contributed by atoms with Crippen LogP contribution < -0.4 is 5.32 Å². The fraction of sp³-hybridized carbons (Fsp3) is 0.415. The van der Waals surface area contributed by atoms with Gasteiger partial charge >= 0.3 is 17.9 Å². The van der Waals surface area contributed by atoms with Crippen molar-refractivity contribution in [2.24, 2.45) is 0 Å². The number of carbonyl (C=O) groups is 4. The van der Waals surface area contributed by atoms with E-state index in [1.165, 1.54) is 35.7 Å². The summed E-state index contributed by atoms with van der Waals surface area (Å²) < 4.78 is 5.39. The van der Waals surface area contributed by atoms with Gasteiger partial charge in [0.2, 0.25) is 5.82 Å². The summed E-state index contributed by atoms with van der Waals surface area (Å²) in [6.07, 6.45) is 3.01. The average Bonchev–Trinajstić information content (AvgIpc) is 3.50. The summed E-state index contributed by atoms with van der Waals surface area (Å²) in [7, 11) is 0. The van der Waals surface area contributed by atoms with Crippen LogP contribution in [0.25, 0.3) is 11.4 Å². The molecule has 0 aliphatic rings. The van der Waals surface area contributed by atoms with Gasteiger partial charge in [0.15, 0.2) is 5.82 Å². The number of carboxylic acid groups (broad SMARTS) is 2. The Balaban J connectivity index is 0.000000334. The van der Waals surface area contributed by atoms with Crippen molar-refractivity contribution in [3.05, 3.63) is 89.2 Å². The Morgan fingerprint density at radius 1 is 0.796 bits per heavy atom. The summed E-state index contributed by atoms with van der Waals surface area (Å²) in [6.45, 7) is 19.1. The van der Waals surface area contributed by atoms with Gasteiger partial charge in [-0.1, -0.05) is 49.6 Å². The minimum Gasteiger partial charge on any atom is -0.480 e. The molecule has 1 heterocycles. The maximum atomic E-state index is 13.1. The van der Waals surface area contributed by atoms with Crippen molar-refractivity contribution in [2.75, 3.05) is 5.32 Å². The van der Waals surface area contributed by atoms with Crippen LogP contribution in [0.3, 0.4) is 0 Å². The summed E-state index contributed by atoms with van der Waals surface area (Å²) in [5.74, 6) is -1.68. The molecule has 0 aliphatic carbocycles. The molecule has 0 unspecified atom stereocenters. The van der Waals surface area contributed by atoms with E-state index in [0.29, 0.717) is 12.4 Å². The van der Waals surface area contributed by atoms with Crippen molar-refractivity contribution in [3.63, 3.8) is 0 Å². The van der Waals surface area contributed by atoms with Gasteiger partial charge in [-0.2, -0.15) is 5.10 Å². The molecule has 13 heteroatoms. The van der Waals surface area contributed by atoms with Crippen molar-refractivity contribution in [1.29, 1.82) is 0 Å². The summed E-state index contributed by atoms with van der Waals surface area (Å²) >= 11 is 2.63. The van der Waals surface area contributed by atoms with Gasteiger partial charge in [0.1, 0.15) is 15.1 Å². The number of aromatic nitrogens is 3. The third-order valence-corrected chi connectivity index (χ3v) is 10.2. The second kappa shape index (κ2) is 18.6. The second-order valence-electron chi connectivity index (χ2n) is 14.8. The molecule has 11 nitrogen and oxygen atoms in total. The smallest absolute Gasteiger partial charge is 0.335 e. The molecule has 0 bridgehead atoms. The number of aliphatic carboxylic acids is 1. The topological polar surface area (TPSA) is 161 Å². The highest BCUT2D eigenvalue weighted by molar-refractivity contribution is 8.01. The normalized spacial score (nSPS) is 11.7. The highest BCUT2D eigenvalue weighted by Gasteiger charge is 2.34. The first-order chi connectivity index (χ1) is 25.1. The number of aromatic carboxylic acids is 1. The molecule has 290 valence electrons. The van der Waals surface area contributed by atoms with Gasteiger partial charge in [0.05, 0.1) is 5.56 Å². The van der Waals surface area contributed by atoms with Gasteiger partial charge < -0.3 is 20.3 Å². The molecule has 4 aromatic rings. The van der Waals surface area contributed by atoms with E-state index >= 15 is 0 Å². The molecule has 54 heavy (non-hydrogen) atoms. The molecular weight excluding hydrogens is 725 g/mol. The van der Waals surface area contributed by atoms with E-state index in [2.05, 4.69) is 22.3 Å². The number of unbranched alkanes of at least 4 members (excludes halogenated alkanes) is 2. The predicted octanol–water partition coefficient (Wildman–Crippen LogP) is 9.56. The minimum atomic E-state index is -0.965. The number of thioether (sulfide) groups is 2. The van der Waals surface area contributed by atoms with Crippen LogP contribution in [-0.2, 0) is 20.9 Å². The number of nitrogens with one attached hydrogen (secondary N) is 1. The van der Waals surface area contributed by atoms with E-state index in [0.717, 1.165) is 51.4 Å². The number of ether oxygens (including phenoxy) is 1. The molecule has 0 atom stereocenters. The van der Waals surface area contributed by atoms with Gasteiger partial charge in [-0.05, 0) is 117 Å². The first kappa shape index (κ1) is 43.8. The van der Waals surface area contributed by atoms with Crippen LogP contribution in [0.5, 0.6) is 0 Å². The Bertz CT molecular complexity index is 1930. The number of carboxylic acids is 2. The third-order valence-electron chi connectivity index (χ3n) is 7.84. The Morgan fingerprint density at radius 2 is 1.37 bits per heavy atom. The maximum Gasteiger partial charge on any atom is 0.335 e. The van der Waals surface area contributed by atoms with Gasteiger partial charge in [-0.3, -0.25) is 14.4 Å². The maximum absolute atomic E-state index is 13.1. The molecule has 0 saturated carbocycles. The van der Waals surface area contributed by atoms with Crippen LogP contribution in [0.4, 0.5) is 5.69 Å². The zero-order valence-corrected chi connectivity index (χ0v) is 34.4. The number of hydrogen-bond acceptors (Lipinski definition) is 9. The Kier molecular flexibility index (Phi) is 15.1. The molecule has 0 spiro atoms. The molecule has 0 fully saturated rings. The van der Waals surface area contributed by atoms with Crippen LogP contribution in [0.2, 0.25) is 0 Å². The van der Waals surface area contributed by atoms with Crippen LogP contribution in [0.1, 0.15) is 107 Å². The number of rotatable bonds is 14. The Morgan fingerprint density at radius 3 is 1.89 bits per heavy atom. The average molecular weight is 777 g/mol. The zero-order valence-electron chi connectivity index (χ0n) is 32.8. The molecule has 1 aromatic heterocycles. The predicted molar refractivity (Wildman–Crippen MR) is 216 cm³/mol. The fourth-order valence-corrected chi connectivity index (χ4v) is 6.78. The highest BCUT2D eigenvalue weighted by atomic mass is 32.2. The standard InChI is InChI=1S/C26H32N4O3S.C15H20O4S/c1-6-7-8-15-30-23(24(31)27-21-14-9-17(2)16-18(21)3)28-22(29-30)19-10-12-20(13-11-19)34-26(4,5)25(32)33;1-14(2,3)19-13(18)15(4,5)20-11-8-6-10(7-9-11)12(16)17/h9-14,16H,6-8,15H2,1-5H3,(H,27,31)(H,32,33);6-9H,1-5H3,(H,16,17). The first-order valence-corrected chi connectivity index (χ1v) is 19.4. The lowest BCUT2D eigenvalue weighted by atomic mass is 10.1. The van der Waals surface area contributed by atoms with Crippen molar-refractivity contribution in [1.82, 2.24) is 14.8 Å². The van der Waals surface area contributed by atoms with Crippen molar-refractivity contribution < 1.29 is 34.1 Å². The van der Waals surface area contributed by atoms with E-state index in [1.54, 1.807) is 44.5 Å². The molecule has 0 saturated heterocycles. The van der Waals surface area contributed by atoms with E-state index in [4.69, 9.17) is 9.84 Å². The van der Waals surface area contributed by atoms with Gasteiger partial charge in [0, 0.05) is 27.6 Å². The third kappa shape index (κ3) is 13.0. The molecular formula is C41H52N4O7S2. The second-order valence-corrected chi connectivity index (χ2v) is 18.2. The summed E-state index contributed by atoms with van der Waals surface area (Å²) in [5, 5.41) is 25.8. The first-order valence-electron chi connectivity index (χ1n) is 17.7. The number of benzene rings is 3. The number of aryl methyl sites for hydroxylation is 3. The lowest BCUT2D eigenvalue weighted by Gasteiger charge is -2.28. The number of anilines is 1. The van der Waals surface area contributed by atoms with Crippen LogP contribution >= 0.6 is 23.5 Å². The molecule has 0 aliphatic heterocycles. The van der Waals surface area contributed by atoms with Crippen molar-refractivity contribution >= 4 is 53.0 Å². The largest absolute Gasteiger partial charge is 0.480 e. The summed E-state index contributed by atoms with van der Waals surface area (Å²) in [6, 6.07) is 19.8. The Labute approximate surface area is 326 Å². The van der Waals surface area contributed by atoms with Crippen molar-refractivity contribution in [2.45, 2.75) is 120 Å². The number of nitrogens with zero attached hydrogens (tertiary/aromatic N) is 3. The van der Waals surface area contributed by atoms with Crippen LogP contribution in [-0.4, -0.2) is 63.9 Å². The molecule has 3 aromatic carbocycles. The van der Waals surface area contributed by atoms with Crippen LogP contribution in [0, 0.1) is 13.8 Å². The Hall–Kier alpha value is -4.62. The molecule has 4 rings (SSSR count). The quantitative estimate of drug-likeness (QED) is 0.0636. The summed E-state index contributed by atoms with van der Waals surface area (Å²) in [4.78, 5) is 53.7. The molecule has 0 radical (unpaired) electrons. The number of carbonyl (C=O) groups excluding carboxylic acids is 2. The zero-order chi connectivity index (χ0) is 40.4. The van der Waals surface area contributed by atoms with Crippen molar-refractivity contribution in [3.8, 4) is 11.4 Å². The van der Waals surface area contributed by atoms with Crippen LogP contribution in [0.15, 0.2) is 76.5 Å². The van der Waals surface area contributed by atoms with Gasteiger partial charge in [-0.15, -0.1) is 23.5 Å². The SMILES string of the molecule is CC(C)(C)OC(=O)C(C)(C)Sc1ccc(C(=O)O)cc1.CCCCCn1nc(-c2ccc(SC(C)(C)C(=O)O)cc2)nc1C(=O)Nc1ccc(C)cc1C.